The van der Waals surface area contributed by atoms with E-state index in [0.717, 1.165) is 22.3 Å². The van der Waals surface area contributed by atoms with Crippen molar-refractivity contribution in [1.82, 2.24) is 0 Å². The lowest BCUT2D eigenvalue weighted by atomic mass is 9.72. The minimum absolute atomic E-state index is 0.395. The number of thiol groups is 1. The van der Waals surface area contributed by atoms with E-state index in [0.29, 0.717) is 17.8 Å². The zero-order valence-electron chi connectivity index (χ0n) is 8.99. The van der Waals surface area contributed by atoms with Gasteiger partial charge in [0, 0.05) is 12.3 Å². The van der Waals surface area contributed by atoms with Crippen LogP contribution in [0.4, 0.5) is 0 Å². The second-order valence-electron chi connectivity index (χ2n) is 3.59. The molecule has 0 amide bonds. The molecule has 15 heavy (non-hydrogen) atoms. The van der Waals surface area contributed by atoms with Gasteiger partial charge in [-0.05, 0) is 41.6 Å². The van der Waals surface area contributed by atoms with Gasteiger partial charge in [-0.25, -0.2) is 0 Å². The number of nitrogens with two attached hydrogens (primary N) is 1. The van der Waals surface area contributed by atoms with Gasteiger partial charge in [0.15, 0.2) is 0 Å². The topological polar surface area (TPSA) is 66.5 Å². The zero-order valence-corrected chi connectivity index (χ0v) is 9.88. The highest BCUT2D eigenvalue weighted by Crippen LogP contribution is 2.16. The summed E-state index contributed by atoms with van der Waals surface area (Å²) < 4.78 is 0. The Kier molecular flexibility index (Phi) is 4.22. The van der Waals surface area contributed by atoms with Crippen LogP contribution in [0.3, 0.4) is 0 Å². The van der Waals surface area contributed by atoms with E-state index in [9.17, 15) is 10.0 Å². The molecule has 0 spiro atoms. The molecule has 0 saturated carbocycles. The Bertz CT molecular complexity index is 341. The zero-order chi connectivity index (χ0) is 11.6. The molecule has 0 bridgehead atoms. The molecule has 0 aromatic heterocycles. The van der Waals surface area contributed by atoms with Gasteiger partial charge in [-0.1, -0.05) is 6.07 Å². The fourth-order valence-corrected chi connectivity index (χ4v) is 2.15. The maximum atomic E-state index is 9.32. The first-order chi connectivity index (χ1) is 7.02. The standard InChI is InChI=1S/C10H16BNO2S/c1-6-8(4-12)3-9(5-15)7(2)10(6)11(13)14/h3,13-15H,4-5,12H2,1-2H3. The summed E-state index contributed by atoms with van der Waals surface area (Å²) in [6, 6.07) is 1.98. The van der Waals surface area contributed by atoms with Crippen molar-refractivity contribution in [1.29, 1.82) is 0 Å². The Balaban J connectivity index is 3.46. The number of benzene rings is 1. The first-order valence-electron chi connectivity index (χ1n) is 4.81. The number of hydrogen-bond donors (Lipinski definition) is 4. The highest BCUT2D eigenvalue weighted by atomic mass is 32.1. The van der Waals surface area contributed by atoms with Gasteiger partial charge in [-0.2, -0.15) is 12.6 Å². The van der Waals surface area contributed by atoms with Gasteiger partial charge in [0.05, 0.1) is 0 Å². The first kappa shape index (κ1) is 12.6. The van der Waals surface area contributed by atoms with Crippen LogP contribution < -0.4 is 11.2 Å². The Labute approximate surface area is 95.9 Å². The second-order valence-corrected chi connectivity index (χ2v) is 3.91. The van der Waals surface area contributed by atoms with E-state index in [-0.39, 0.29) is 0 Å². The van der Waals surface area contributed by atoms with Crippen LogP contribution in [0.2, 0.25) is 0 Å². The lowest BCUT2D eigenvalue weighted by Crippen LogP contribution is -2.36. The van der Waals surface area contributed by atoms with Gasteiger partial charge in [0.1, 0.15) is 0 Å². The molecule has 0 atom stereocenters. The molecule has 1 aromatic carbocycles. The molecule has 1 rings (SSSR count). The summed E-state index contributed by atoms with van der Waals surface area (Å²) in [4.78, 5) is 0. The van der Waals surface area contributed by atoms with E-state index in [4.69, 9.17) is 5.73 Å². The maximum Gasteiger partial charge on any atom is 0.488 e. The Hall–Kier alpha value is -0.485. The molecular formula is C10H16BNO2S. The van der Waals surface area contributed by atoms with Crippen LogP contribution >= 0.6 is 12.6 Å². The van der Waals surface area contributed by atoms with E-state index in [1.165, 1.54) is 0 Å². The summed E-state index contributed by atoms with van der Waals surface area (Å²) in [5.74, 6) is 0.568. The average molecular weight is 225 g/mol. The molecule has 0 aliphatic carbocycles. The van der Waals surface area contributed by atoms with Crippen LogP contribution in [-0.4, -0.2) is 17.2 Å². The second kappa shape index (κ2) is 5.03. The molecule has 0 aliphatic heterocycles. The van der Waals surface area contributed by atoms with Gasteiger partial charge in [0.25, 0.3) is 0 Å². The van der Waals surface area contributed by atoms with Crippen molar-refractivity contribution in [3.05, 3.63) is 28.3 Å². The molecule has 0 radical (unpaired) electrons. The summed E-state index contributed by atoms with van der Waals surface area (Å²) in [5.41, 5.74) is 9.83. The third-order valence-electron chi connectivity index (χ3n) is 2.77. The molecule has 5 heteroatoms. The highest BCUT2D eigenvalue weighted by molar-refractivity contribution is 7.79. The van der Waals surface area contributed by atoms with Crippen molar-refractivity contribution in [2.45, 2.75) is 26.1 Å². The Morgan fingerprint density at radius 2 is 1.80 bits per heavy atom. The van der Waals surface area contributed by atoms with Crippen molar-refractivity contribution in [2.24, 2.45) is 5.73 Å². The fraction of sp³-hybridized carbons (Fsp3) is 0.400. The smallest absolute Gasteiger partial charge is 0.423 e. The van der Waals surface area contributed by atoms with Crippen LogP contribution in [0.25, 0.3) is 0 Å². The molecule has 0 aliphatic rings. The van der Waals surface area contributed by atoms with Crippen LogP contribution in [0.1, 0.15) is 22.3 Å². The molecular weight excluding hydrogens is 209 g/mol. The summed E-state index contributed by atoms with van der Waals surface area (Å²) in [7, 11) is -1.45. The van der Waals surface area contributed by atoms with E-state index in [1.54, 1.807) is 0 Å². The largest absolute Gasteiger partial charge is 0.488 e. The third-order valence-corrected chi connectivity index (χ3v) is 3.11. The van der Waals surface area contributed by atoms with Crippen LogP contribution in [0.5, 0.6) is 0 Å². The molecule has 3 nitrogen and oxygen atoms in total. The number of rotatable bonds is 3. The summed E-state index contributed by atoms with van der Waals surface area (Å²) >= 11 is 4.21. The summed E-state index contributed by atoms with van der Waals surface area (Å²) in [6.45, 7) is 4.12. The molecule has 0 heterocycles. The third kappa shape index (κ3) is 2.37. The SMILES string of the molecule is Cc1c(CN)cc(CS)c(C)c1B(O)O. The van der Waals surface area contributed by atoms with Crippen LogP contribution in [0, 0.1) is 13.8 Å². The van der Waals surface area contributed by atoms with E-state index in [2.05, 4.69) is 12.6 Å². The van der Waals surface area contributed by atoms with Gasteiger partial charge in [0.2, 0.25) is 0 Å². The predicted octanol–water partition coefficient (Wildman–Crippen LogP) is -0.128. The van der Waals surface area contributed by atoms with Crippen molar-refractivity contribution >= 4 is 25.2 Å². The first-order valence-corrected chi connectivity index (χ1v) is 5.45. The maximum absolute atomic E-state index is 9.32. The van der Waals surface area contributed by atoms with Crippen LogP contribution in [-0.2, 0) is 12.3 Å². The quantitative estimate of drug-likeness (QED) is 0.428. The Morgan fingerprint density at radius 3 is 2.20 bits per heavy atom. The highest BCUT2D eigenvalue weighted by Gasteiger charge is 2.20. The van der Waals surface area contributed by atoms with Crippen LogP contribution in [0.15, 0.2) is 6.07 Å². The van der Waals surface area contributed by atoms with Gasteiger partial charge >= 0.3 is 7.12 Å². The average Bonchev–Trinajstić information content (AvgIpc) is 2.18. The van der Waals surface area contributed by atoms with Crippen molar-refractivity contribution in [2.75, 3.05) is 0 Å². The van der Waals surface area contributed by atoms with Gasteiger partial charge in [-0.3, -0.25) is 0 Å². The van der Waals surface area contributed by atoms with Crippen molar-refractivity contribution < 1.29 is 10.0 Å². The predicted molar refractivity (Wildman–Crippen MR) is 66.3 cm³/mol. The minimum Gasteiger partial charge on any atom is -0.423 e. The molecule has 0 fully saturated rings. The van der Waals surface area contributed by atoms with E-state index < -0.39 is 7.12 Å². The molecule has 0 saturated heterocycles. The molecule has 0 unspecified atom stereocenters. The lowest BCUT2D eigenvalue weighted by Gasteiger charge is -2.16. The summed E-state index contributed by atoms with van der Waals surface area (Å²) in [5, 5.41) is 18.6. The van der Waals surface area contributed by atoms with Gasteiger partial charge in [-0.15, -0.1) is 0 Å². The van der Waals surface area contributed by atoms with E-state index >= 15 is 0 Å². The molecule has 1 aromatic rings. The molecule has 4 N–H and O–H groups in total. The van der Waals surface area contributed by atoms with Crippen molar-refractivity contribution in [3.8, 4) is 0 Å². The normalized spacial score (nSPS) is 10.5. The molecule has 82 valence electrons. The Morgan fingerprint density at radius 1 is 1.27 bits per heavy atom. The number of hydrogen-bond acceptors (Lipinski definition) is 4. The summed E-state index contributed by atoms with van der Waals surface area (Å²) in [6.07, 6.45) is 0. The fourth-order valence-electron chi connectivity index (χ4n) is 1.82. The van der Waals surface area contributed by atoms with E-state index in [1.807, 2.05) is 19.9 Å². The minimum atomic E-state index is -1.45. The van der Waals surface area contributed by atoms with Crippen molar-refractivity contribution in [3.63, 3.8) is 0 Å². The van der Waals surface area contributed by atoms with Gasteiger partial charge < -0.3 is 15.8 Å². The lowest BCUT2D eigenvalue weighted by molar-refractivity contribution is 0.425. The monoisotopic (exact) mass is 225 g/mol.